The van der Waals surface area contributed by atoms with E-state index in [0.717, 1.165) is 17.8 Å². The molecule has 84 valence electrons. The van der Waals surface area contributed by atoms with Crippen LogP contribution in [-0.2, 0) is 6.54 Å². The van der Waals surface area contributed by atoms with E-state index >= 15 is 0 Å². The lowest BCUT2D eigenvalue weighted by Gasteiger charge is -2.26. The van der Waals surface area contributed by atoms with Crippen molar-refractivity contribution >= 4 is 0 Å². The molecule has 2 rings (SSSR count). The molecule has 0 amide bonds. The molecule has 4 nitrogen and oxygen atoms in total. The number of hydrogen-bond acceptors (Lipinski definition) is 3. The van der Waals surface area contributed by atoms with Gasteiger partial charge in [-0.25, -0.2) is 0 Å². The van der Waals surface area contributed by atoms with Gasteiger partial charge in [0, 0.05) is 13.1 Å². The number of hydrogen-bond donors (Lipinski definition) is 1. The second kappa shape index (κ2) is 3.73. The molecule has 7 heteroatoms. The second-order valence-electron chi connectivity index (χ2n) is 3.39. The van der Waals surface area contributed by atoms with Crippen LogP contribution in [0.2, 0.25) is 0 Å². The first-order valence-electron chi connectivity index (χ1n) is 4.49. The summed E-state index contributed by atoms with van der Waals surface area (Å²) in [5.41, 5.74) is 0. The zero-order valence-corrected chi connectivity index (χ0v) is 7.79. The first-order chi connectivity index (χ1) is 7.03. The zero-order valence-electron chi connectivity index (χ0n) is 7.79. The summed E-state index contributed by atoms with van der Waals surface area (Å²) in [4.78, 5) is 0. The van der Waals surface area contributed by atoms with Crippen molar-refractivity contribution in [2.45, 2.75) is 18.8 Å². The third kappa shape index (κ3) is 2.85. The van der Waals surface area contributed by atoms with Crippen molar-refractivity contribution in [2.75, 3.05) is 13.1 Å². The molecular formula is C8H10F3N3O. The highest BCUT2D eigenvalue weighted by Gasteiger charge is 2.28. The molecule has 0 radical (unpaired) electrons. The molecule has 1 aromatic heterocycles. The molecular weight excluding hydrogens is 211 g/mol. The molecule has 1 aliphatic heterocycles. The minimum Gasteiger partial charge on any atom is -0.484 e. The Balaban J connectivity index is 1.91. The summed E-state index contributed by atoms with van der Waals surface area (Å²) in [5, 5.41) is 6.56. The van der Waals surface area contributed by atoms with Crippen LogP contribution in [0.25, 0.3) is 0 Å². The van der Waals surface area contributed by atoms with Crippen molar-refractivity contribution in [3.8, 4) is 5.75 Å². The summed E-state index contributed by atoms with van der Waals surface area (Å²) in [6, 6.07) is 0. The number of nitrogens with one attached hydrogen (secondary N) is 1. The molecule has 0 spiro atoms. The summed E-state index contributed by atoms with van der Waals surface area (Å²) in [7, 11) is 0. The van der Waals surface area contributed by atoms with Gasteiger partial charge in [0.2, 0.25) is 0 Å². The topological polar surface area (TPSA) is 39.1 Å². The number of aromatic nitrogens is 2. The normalized spacial score (nSPS) is 17.5. The first-order valence-corrected chi connectivity index (χ1v) is 4.49. The minimum absolute atomic E-state index is 0.0496. The van der Waals surface area contributed by atoms with Gasteiger partial charge in [-0.05, 0) is 0 Å². The molecule has 1 aliphatic rings. The summed E-state index contributed by atoms with van der Waals surface area (Å²) in [6.45, 7) is 0.369. The van der Waals surface area contributed by atoms with Crippen LogP contribution >= 0.6 is 0 Å². The third-order valence-corrected chi connectivity index (χ3v) is 2.00. The highest BCUT2D eigenvalue weighted by atomic mass is 19.4. The van der Waals surface area contributed by atoms with E-state index in [2.05, 4.69) is 10.4 Å². The van der Waals surface area contributed by atoms with E-state index < -0.39 is 12.7 Å². The Morgan fingerprint density at radius 2 is 2.27 bits per heavy atom. The smallest absolute Gasteiger partial charge is 0.408 e. The van der Waals surface area contributed by atoms with Gasteiger partial charge in [-0.2, -0.15) is 18.3 Å². The highest BCUT2D eigenvalue weighted by Crippen LogP contribution is 2.19. The van der Waals surface area contributed by atoms with E-state index in [1.165, 1.54) is 12.4 Å². The Labute approximate surface area is 84.0 Å². The van der Waals surface area contributed by atoms with Gasteiger partial charge < -0.3 is 10.1 Å². The Morgan fingerprint density at radius 3 is 2.80 bits per heavy atom. The minimum atomic E-state index is -4.25. The van der Waals surface area contributed by atoms with Crippen molar-refractivity contribution in [3.05, 3.63) is 12.4 Å². The van der Waals surface area contributed by atoms with Gasteiger partial charge in [-0.1, -0.05) is 0 Å². The molecule has 2 heterocycles. The van der Waals surface area contributed by atoms with Crippen LogP contribution in [-0.4, -0.2) is 35.2 Å². The van der Waals surface area contributed by atoms with Gasteiger partial charge in [-0.3, -0.25) is 4.68 Å². The molecule has 0 atom stereocenters. The summed E-state index contributed by atoms with van der Waals surface area (Å²) in [5.74, 6) is 0.380. The second-order valence-corrected chi connectivity index (χ2v) is 3.39. The molecule has 0 unspecified atom stereocenters. The Bertz CT molecular complexity index is 332. The molecule has 1 N–H and O–H groups in total. The Morgan fingerprint density at radius 1 is 1.53 bits per heavy atom. The predicted molar refractivity (Wildman–Crippen MR) is 45.6 cm³/mol. The predicted octanol–water partition coefficient (Wildman–Crippen LogP) is 0.796. The summed E-state index contributed by atoms with van der Waals surface area (Å²) in [6.07, 6.45) is -1.65. The summed E-state index contributed by atoms with van der Waals surface area (Å²) >= 11 is 0. The molecule has 1 saturated heterocycles. The van der Waals surface area contributed by atoms with E-state index in [9.17, 15) is 13.2 Å². The largest absolute Gasteiger partial charge is 0.484 e. The van der Waals surface area contributed by atoms with Crippen LogP contribution < -0.4 is 10.1 Å². The van der Waals surface area contributed by atoms with Crippen molar-refractivity contribution in [1.82, 2.24) is 15.1 Å². The highest BCUT2D eigenvalue weighted by molar-refractivity contribution is 5.13. The molecule has 15 heavy (non-hydrogen) atoms. The molecule has 0 saturated carbocycles. The first kappa shape index (κ1) is 10.3. The number of nitrogens with zero attached hydrogens (tertiary/aromatic N) is 2. The van der Waals surface area contributed by atoms with E-state index in [1.807, 2.05) is 0 Å². The fourth-order valence-electron chi connectivity index (χ4n) is 1.21. The van der Waals surface area contributed by atoms with Crippen molar-refractivity contribution in [3.63, 3.8) is 0 Å². The van der Waals surface area contributed by atoms with E-state index in [0.29, 0.717) is 5.75 Å². The van der Waals surface area contributed by atoms with Gasteiger partial charge in [0.1, 0.15) is 12.6 Å². The van der Waals surface area contributed by atoms with Gasteiger partial charge in [-0.15, -0.1) is 0 Å². The molecule has 0 bridgehead atoms. The zero-order chi connectivity index (χ0) is 10.9. The van der Waals surface area contributed by atoms with Crippen LogP contribution in [0.5, 0.6) is 5.75 Å². The van der Waals surface area contributed by atoms with Crippen LogP contribution in [0.4, 0.5) is 13.2 Å². The van der Waals surface area contributed by atoms with Gasteiger partial charge >= 0.3 is 6.18 Å². The molecule has 0 aliphatic carbocycles. The monoisotopic (exact) mass is 221 g/mol. The van der Waals surface area contributed by atoms with E-state index in [4.69, 9.17) is 4.74 Å². The third-order valence-electron chi connectivity index (χ3n) is 2.00. The van der Waals surface area contributed by atoms with Crippen LogP contribution in [0.15, 0.2) is 12.4 Å². The maximum absolute atomic E-state index is 12.0. The number of alkyl halides is 3. The van der Waals surface area contributed by atoms with Crippen molar-refractivity contribution in [1.29, 1.82) is 0 Å². The maximum Gasteiger partial charge on any atom is 0.408 e. The van der Waals surface area contributed by atoms with Gasteiger partial charge in [0.15, 0.2) is 5.75 Å². The average Bonchev–Trinajstić information content (AvgIpc) is 2.42. The maximum atomic E-state index is 12.0. The lowest BCUT2D eigenvalue weighted by atomic mass is 10.2. The lowest BCUT2D eigenvalue weighted by Crippen LogP contribution is -2.50. The Kier molecular flexibility index (Phi) is 2.56. The molecule has 1 fully saturated rings. The molecule has 1 aromatic rings. The van der Waals surface area contributed by atoms with Crippen LogP contribution in [0, 0.1) is 0 Å². The van der Waals surface area contributed by atoms with Gasteiger partial charge in [0.05, 0.1) is 12.4 Å². The van der Waals surface area contributed by atoms with Gasteiger partial charge in [0.25, 0.3) is 0 Å². The standard InChI is InChI=1S/C8H10F3N3O/c9-8(10,11)5-14-4-7(3-13-14)15-6-1-12-2-6/h3-4,6,12H,1-2,5H2. The van der Waals surface area contributed by atoms with Crippen LogP contribution in [0.3, 0.4) is 0 Å². The number of rotatable bonds is 3. The fourth-order valence-corrected chi connectivity index (χ4v) is 1.21. The summed E-state index contributed by atoms with van der Waals surface area (Å²) < 4.78 is 42.1. The quantitative estimate of drug-likeness (QED) is 0.820. The van der Waals surface area contributed by atoms with E-state index in [-0.39, 0.29) is 6.10 Å². The Hall–Kier alpha value is -1.24. The SMILES string of the molecule is FC(F)(F)Cn1cc(OC2CNC2)cn1. The fraction of sp³-hybridized carbons (Fsp3) is 0.625. The van der Waals surface area contributed by atoms with Crippen LogP contribution in [0.1, 0.15) is 0 Å². The van der Waals surface area contributed by atoms with E-state index in [1.54, 1.807) is 0 Å². The average molecular weight is 221 g/mol. The number of halogens is 3. The van der Waals surface area contributed by atoms with Crippen molar-refractivity contribution in [2.24, 2.45) is 0 Å². The molecule has 0 aromatic carbocycles. The lowest BCUT2D eigenvalue weighted by molar-refractivity contribution is -0.142. The van der Waals surface area contributed by atoms with Crippen molar-refractivity contribution < 1.29 is 17.9 Å². The number of ether oxygens (including phenoxy) is 1.